The van der Waals surface area contributed by atoms with Crippen molar-refractivity contribution in [1.82, 2.24) is 0 Å². The summed E-state index contributed by atoms with van der Waals surface area (Å²) in [5, 5.41) is 10.5. The first-order valence-electron chi connectivity index (χ1n) is 3.90. The summed E-state index contributed by atoms with van der Waals surface area (Å²) in [6, 6.07) is 7.67. The van der Waals surface area contributed by atoms with Crippen LogP contribution in [0.15, 0.2) is 24.3 Å². The lowest BCUT2D eigenvalue weighted by molar-refractivity contribution is 0.188. The number of nitrogens with zero attached hydrogens (tertiary/aromatic N) is 1. The predicted octanol–water partition coefficient (Wildman–Crippen LogP) is 1.01. The van der Waals surface area contributed by atoms with Crippen LogP contribution < -0.4 is 10.9 Å². The van der Waals surface area contributed by atoms with Gasteiger partial charge in [0.25, 0.3) is 0 Å². The minimum Gasteiger partial charge on any atom is -0.373 e. The molecule has 1 rings (SSSR count). The van der Waals surface area contributed by atoms with E-state index >= 15 is 0 Å². The van der Waals surface area contributed by atoms with Gasteiger partial charge in [-0.3, -0.25) is 5.01 Å². The summed E-state index contributed by atoms with van der Waals surface area (Å²) in [6.45, 7) is 3.59. The number of anilines is 1. The monoisotopic (exact) mass is 166 g/mol. The Balaban J connectivity index is 2.94. The molecule has 66 valence electrons. The van der Waals surface area contributed by atoms with Gasteiger partial charge in [-0.25, -0.2) is 5.84 Å². The first-order valence-corrected chi connectivity index (χ1v) is 3.90. The normalized spacial score (nSPS) is 12.7. The van der Waals surface area contributed by atoms with Gasteiger partial charge in [0.05, 0.1) is 5.69 Å². The van der Waals surface area contributed by atoms with Gasteiger partial charge in [-0.2, -0.15) is 0 Å². The first kappa shape index (κ1) is 9.03. The number of aryl methyl sites for hydroxylation is 1. The van der Waals surface area contributed by atoms with Crippen molar-refractivity contribution in [1.29, 1.82) is 0 Å². The Morgan fingerprint density at radius 3 is 2.50 bits per heavy atom. The Labute approximate surface area is 72.4 Å². The molecule has 3 nitrogen and oxygen atoms in total. The average molecular weight is 166 g/mol. The number of nitrogens with two attached hydrogens (primary N) is 1. The van der Waals surface area contributed by atoms with Gasteiger partial charge >= 0.3 is 0 Å². The largest absolute Gasteiger partial charge is 0.373 e. The Morgan fingerprint density at radius 2 is 2.00 bits per heavy atom. The van der Waals surface area contributed by atoms with Crippen LogP contribution in [-0.4, -0.2) is 11.3 Å². The molecule has 0 heterocycles. The smallest absolute Gasteiger partial charge is 0.138 e. The molecule has 0 spiro atoms. The van der Waals surface area contributed by atoms with Gasteiger partial charge in [0.1, 0.15) is 6.23 Å². The lowest BCUT2D eigenvalue weighted by atomic mass is 10.2. The van der Waals surface area contributed by atoms with Crippen molar-refractivity contribution in [2.75, 3.05) is 5.01 Å². The number of hydrazine groups is 1. The van der Waals surface area contributed by atoms with E-state index in [1.54, 1.807) is 6.92 Å². The van der Waals surface area contributed by atoms with E-state index in [2.05, 4.69) is 0 Å². The lowest BCUT2D eigenvalue weighted by Gasteiger charge is -2.23. The summed E-state index contributed by atoms with van der Waals surface area (Å²) >= 11 is 0. The summed E-state index contributed by atoms with van der Waals surface area (Å²) in [4.78, 5) is 0. The molecule has 0 amide bonds. The highest BCUT2D eigenvalue weighted by Crippen LogP contribution is 2.17. The number of rotatable bonds is 2. The third-order valence-electron chi connectivity index (χ3n) is 1.80. The number of hydrogen-bond acceptors (Lipinski definition) is 3. The van der Waals surface area contributed by atoms with E-state index in [1.807, 2.05) is 31.2 Å². The molecule has 0 saturated heterocycles. The van der Waals surface area contributed by atoms with Crippen molar-refractivity contribution in [2.24, 2.45) is 5.84 Å². The molecule has 1 aromatic carbocycles. The third-order valence-corrected chi connectivity index (χ3v) is 1.80. The van der Waals surface area contributed by atoms with Crippen LogP contribution in [-0.2, 0) is 0 Å². The van der Waals surface area contributed by atoms with Gasteiger partial charge in [-0.1, -0.05) is 18.2 Å². The molecule has 0 saturated carbocycles. The molecule has 0 fully saturated rings. The minimum atomic E-state index is -0.661. The van der Waals surface area contributed by atoms with Crippen molar-refractivity contribution in [3.8, 4) is 0 Å². The van der Waals surface area contributed by atoms with Gasteiger partial charge in [-0.15, -0.1) is 0 Å². The molecule has 0 aliphatic carbocycles. The Morgan fingerprint density at radius 1 is 1.42 bits per heavy atom. The van der Waals surface area contributed by atoms with Crippen molar-refractivity contribution in [2.45, 2.75) is 20.1 Å². The quantitative estimate of drug-likeness (QED) is 0.391. The number of benzene rings is 1. The number of aliphatic hydroxyl groups excluding tert-OH is 1. The van der Waals surface area contributed by atoms with Crippen LogP contribution in [0.5, 0.6) is 0 Å². The number of aliphatic hydroxyl groups is 1. The number of hydrogen-bond donors (Lipinski definition) is 2. The third kappa shape index (κ3) is 1.75. The van der Waals surface area contributed by atoms with E-state index in [0.717, 1.165) is 11.3 Å². The summed E-state index contributed by atoms with van der Waals surface area (Å²) in [5.41, 5.74) is 1.91. The molecule has 0 radical (unpaired) electrons. The van der Waals surface area contributed by atoms with Gasteiger partial charge in [0.2, 0.25) is 0 Å². The van der Waals surface area contributed by atoms with Crippen molar-refractivity contribution < 1.29 is 5.11 Å². The van der Waals surface area contributed by atoms with Crippen LogP contribution in [0.1, 0.15) is 12.5 Å². The molecular weight excluding hydrogens is 152 g/mol. The highest BCUT2D eigenvalue weighted by molar-refractivity contribution is 5.51. The highest BCUT2D eigenvalue weighted by Gasteiger charge is 2.07. The lowest BCUT2D eigenvalue weighted by Crippen LogP contribution is -2.39. The first-order chi connectivity index (χ1) is 5.63. The van der Waals surface area contributed by atoms with Crippen molar-refractivity contribution >= 4 is 5.69 Å². The van der Waals surface area contributed by atoms with Crippen LogP contribution in [0, 0.1) is 6.92 Å². The molecule has 1 unspecified atom stereocenters. The van der Waals surface area contributed by atoms with E-state index in [4.69, 9.17) is 5.84 Å². The molecule has 1 atom stereocenters. The van der Waals surface area contributed by atoms with Crippen molar-refractivity contribution in [3.05, 3.63) is 29.8 Å². The number of para-hydroxylation sites is 1. The molecule has 0 aromatic heterocycles. The molecule has 1 aromatic rings. The SMILES string of the molecule is Cc1ccccc1N(N)C(C)O. The van der Waals surface area contributed by atoms with Gasteiger partial charge in [-0.05, 0) is 25.5 Å². The summed E-state index contributed by atoms with van der Waals surface area (Å²) in [7, 11) is 0. The Bertz CT molecular complexity index is 260. The van der Waals surface area contributed by atoms with Gasteiger partial charge < -0.3 is 5.11 Å². The van der Waals surface area contributed by atoms with E-state index in [0.29, 0.717) is 0 Å². The molecule has 12 heavy (non-hydrogen) atoms. The van der Waals surface area contributed by atoms with E-state index in [-0.39, 0.29) is 0 Å². The second-order valence-corrected chi connectivity index (χ2v) is 2.83. The van der Waals surface area contributed by atoms with E-state index in [1.165, 1.54) is 5.01 Å². The molecule has 3 N–H and O–H groups in total. The molecule has 0 bridgehead atoms. The van der Waals surface area contributed by atoms with Crippen molar-refractivity contribution in [3.63, 3.8) is 0 Å². The molecule has 3 heteroatoms. The maximum Gasteiger partial charge on any atom is 0.138 e. The predicted molar refractivity (Wildman–Crippen MR) is 49.5 cm³/mol. The van der Waals surface area contributed by atoms with Crippen LogP contribution in [0.3, 0.4) is 0 Å². The average Bonchev–Trinajstić information content (AvgIpc) is 2.04. The minimum absolute atomic E-state index is 0.661. The van der Waals surface area contributed by atoms with E-state index < -0.39 is 6.23 Å². The fourth-order valence-corrected chi connectivity index (χ4v) is 1.05. The Kier molecular flexibility index (Phi) is 2.68. The molecular formula is C9H14N2O. The fraction of sp³-hybridized carbons (Fsp3) is 0.333. The van der Waals surface area contributed by atoms with Crippen LogP contribution >= 0.6 is 0 Å². The highest BCUT2D eigenvalue weighted by atomic mass is 16.3. The summed E-state index contributed by atoms with van der Waals surface area (Å²) in [5.74, 6) is 5.62. The zero-order valence-corrected chi connectivity index (χ0v) is 7.36. The van der Waals surface area contributed by atoms with Gasteiger partial charge in [0.15, 0.2) is 0 Å². The molecule has 0 aliphatic rings. The molecule has 0 aliphatic heterocycles. The summed E-state index contributed by atoms with van der Waals surface area (Å²) in [6.07, 6.45) is -0.661. The van der Waals surface area contributed by atoms with Crippen LogP contribution in [0.4, 0.5) is 5.69 Å². The van der Waals surface area contributed by atoms with Crippen LogP contribution in [0.2, 0.25) is 0 Å². The second-order valence-electron chi connectivity index (χ2n) is 2.83. The zero-order chi connectivity index (χ0) is 9.14. The van der Waals surface area contributed by atoms with E-state index in [9.17, 15) is 5.11 Å². The summed E-state index contributed by atoms with van der Waals surface area (Å²) < 4.78 is 0. The fourth-order valence-electron chi connectivity index (χ4n) is 1.05. The van der Waals surface area contributed by atoms with Gasteiger partial charge in [0, 0.05) is 0 Å². The maximum atomic E-state index is 9.20. The standard InChI is InChI=1S/C9H14N2O/c1-7-5-3-4-6-9(7)11(10)8(2)12/h3-6,8,12H,10H2,1-2H3. The maximum absolute atomic E-state index is 9.20. The van der Waals surface area contributed by atoms with Crippen LogP contribution in [0.25, 0.3) is 0 Å². The zero-order valence-electron chi connectivity index (χ0n) is 7.36. The second kappa shape index (κ2) is 3.56. The topological polar surface area (TPSA) is 49.5 Å². The Hall–Kier alpha value is -1.06.